The summed E-state index contributed by atoms with van der Waals surface area (Å²) < 4.78 is 11.6. The Bertz CT molecular complexity index is 661. The number of likely N-dealkylation sites (tertiary alicyclic amines) is 1. The van der Waals surface area contributed by atoms with Crippen molar-refractivity contribution in [3.8, 4) is 0 Å². The maximum absolute atomic E-state index is 12.4. The largest absolute Gasteiger partial charge is 0.444 e. The molecular weight excluding hydrogens is 346 g/mol. The maximum Gasteiger partial charge on any atom is 0.410 e. The predicted octanol–water partition coefficient (Wildman–Crippen LogP) is 2.25. The molecule has 1 amide bonds. The monoisotopic (exact) mass is 377 g/mol. The van der Waals surface area contributed by atoms with Crippen LogP contribution in [-0.4, -0.2) is 65.3 Å². The quantitative estimate of drug-likeness (QED) is 0.841. The lowest BCUT2D eigenvalue weighted by molar-refractivity contribution is -0.0648. The standard InChI is InChI=1S/C21H31NO5/c1-20(2,3)27-19(25)22-10-8-21(9-11-22)17-7-5-4-6-15(17)12-18(21)26-14-16(24)13-23/h4-7,16,18,23-24H,8-14H2,1-3H3/t16?,18-/m0/s1. The molecule has 2 aliphatic rings. The highest BCUT2D eigenvalue weighted by molar-refractivity contribution is 5.68. The van der Waals surface area contributed by atoms with E-state index in [4.69, 9.17) is 14.6 Å². The van der Waals surface area contributed by atoms with Crippen LogP contribution in [0.15, 0.2) is 24.3 Å². The van der Waals surface area contributed by atoms with Gasteiger partial charge >= 0.3 is 6.09 Å². The fourth-order valence-corrected chi connectivity index (χ4v) is 4.26. The van der Waals surface area contributed by atoms with Crippen molar-refractivity contribution in [3.05, 3.63) is 35.4 Å². The molecule has 1 saturated heterocycles. The van der Waals surface area contributed by atoms with Gasteiger partial charge in [0, 0.05) is 18.5 Å². The van der Waals surface area contributed by atoms with Crippen molar-refractivity contribution in [1.29, 1.82) is 0 Å². The SMILES string of the molecule is CC(C)(C)OC(=O)N1CCC2(CC1)c1ccccc1C[C@@H]2OCC(O)CO. The lowest BCUT2D eigenvalue weighted by atomic mass is 9.72. The topological polar surface area (TPSA) is 79.2 Å². The first-order valence-corrected chi connectivity index (χ1v) is 9.72. The van der Waals surface area contributed by atoms with Crippen LogP contribution in [0.1, 0.15) is 44.7 Å². The average molecular weight is 377 g/mol. The van der Waals surface area contributed by atoms with Crippen molar-refractivity contribution < 1.29 is 24.5 Å². The highest BCUT2D eigenvalue weighted by Crippen LogP contribution is 2.47. The summed E-state index contributed by atoms with van der Waals surface area (Å²) in [6.45, 7) is 6.67. The van der Waals surface area contributed by atoms with E-state index in [9.17, 15) is 9.90 Å². The summed E-state index contributed by atoms with van der Waals surface area (Å²) in [4.78, 5) is 14.2. The number of amides is 1. The van der Waals surface area contributed by atoms with Crippen LogP contribution in [0.5, 0.6) is 0 Å². The minimum Gasteiger partial charge on any atom is -0.444 e. The van der Waals surface area contributed by atoms with Crippen molar-refractivity contribution in [1.82, 2.24) is 4.90 Å². The number of ether oxygens (including phenoxy) is 2. The van der Waals surface area contributed by atoms with E-state index in [0.717, 1.165) is 19.3 Å². The minimum atomic E-state index is -0.868. The van der Waals surface area contributed by atoms with Crippen LogP contribution in [0, 0.1) is 0 Å². The zero-order valence-electron chi connectivity index (χ0n) is 16.5. The third kappa shape index (κ3) is 4.28. The van der Waals surface area contributed by atoms with Crippen molar-refractivity contribution >= 4 is 6.09 Å². The summed E-state index contributed by atoms with van der Waals surface area (Å²) in [6, 6.07) is 8.37. The Hall–Kier alpha value is -1.63. The third-order valence-electron chi connectivity index (χ3n) is 5.58. The van der Waals surface area contributed by atoms with E-state index in [2.05, 4.69) is 12.1 Å². The van der Waals surface area contributed by atoms with Gasteiger partial charge < -0.3 is 24.6 Å². The summed E-state index contributed by atoms with van der Waals surface area (Å²) >= 11 is 0. The van der Waals surface area contributed by atoms with Gasteiger partial charge in [0.1, 0.15) is 11.7 Å². The number of hydrogen-bond acceptors (Lipinski definition) is 5. The zero-order chi connectivity index (χ0) is 19.7. The first-order chi connectivity index (χ1) is 12.7. The zero-order valence-corrected chi connectivity index (χ0v) is 16.5. The van der Waals surface area contributed by atoms with Gasteiger partial charge in [-0.1, -0.05) is 24.3 Å². The molecule has 1 aliphatic carbocycles. The first-order valence-electron chi connectivity index (χ1n) is 9.72. The molecule has 2 N–H and O–H groups in total. The van der Waals surface area contributed by atoms with Crippen LogP contribution in [0.2, 0.25) is 0 Å². The smallest absolute Gasteiger partial charge is 0.410 e. The molecule has 27 heavy (non-hydrogen) atoms. The highest BCUT2D eigenvalue weighted by Gasteiger charge is 2.49. The van der Waals surface area contributed by atoms with Crippen LogP contribution in [-0.2, 0) is 21.3 Å². The van der Waals surface area contributed by atoms with Gasteiger partial charge in [0.05, 0.1) is 19.3 Å². The number of fused-ring (bicyclic) bond motifs is 2. The molecule has 1 aromatic carbocycles. The predicted molar refractivity (Wildman–Crippen MR) is 102 cm³/mol. The molecule has 1 aromatic rings. The second kappa shape index (κ2) is 7.78. The van der Waals surface area contributed by atoms with Gasteiger partial charge in [0.15, 0.2) is 0 Å². The van der Waals surface area contributed by atoms with Gasteiger partial charge in [-0.25, -0.2) is 4.79 Å². The first kappa shape index (κ1) is 20.1. The average Bonchev–Trinajstić information content (AvgIpc) is 2.92. The van der Waals surface area contributed by atoms with Crippen molar-refractivity contribution in [2.45, 2.75) is 63.3 Å². The van der Waals surface area contributed by atoms with E-state index in [1.54, 1.807) is 4.90 Å². The molecular formula is C21H31NO5. The van der Waals surface area contributed by atoms with Crippen LogP contribution < -0.4 is 0 Å². The van der Waals surface area contributed by atoms with Gasteiger partial charge in [-0.3, -0.25) is 0 Å². The Balaban J connectivity index is 1.74. The van der Waals surface area contributed by atoms with Crippen LogP contribution in [0.4, 0.5) is 4.79 Å². The Labute approximate surface area is 161 Å². The summed E-state index contributed by atoms with van der Waals surface area (Å²) in [7, 11) is 0. The minimum absolute atomic E-state index is 0.0584. The number of nitrogens with zero attached hydrogens (tertiary/aromatic N) is 1. The van der Waals surface area contributed by atoms with Crippen molar-refractivity contribution in [2.24, 2.45) is 0 Å². The molecule has 1 fully saturated rings. The Kier molecular flexibility index (Phi) is 5.79. The lowest BCUT2D eigenvalue weighted by Crippen LogP contribution is -2.51. The summed E-state index contributed by atoms with van der Waals surface area (Å²) in [5.41, 5.74) is 1.90. The van der Waals surface area contributed by atoms with E-state index in [-0.39, 0.29) is 30.8 Å². The Morgan fingerprint density at radius 1 is 1.30 bits per heavy atom. The van der Waals surface area contributed by atoms with E-state index in [0.29, 0.717) is 13.1 Å². The number of carbonyl (C=O) groups excluding carboxylic acids is 1. The normalized spacial score (nSPS) is 22.6. The van der Waals surface area contributed by atoms with E-state index >= 15 is 0 Å². The molecule has 0 radical (unpaired) electrons. The van der Waals surface area contributed by atoms with Crippen molar-refractivity contribution in [3.63, 3.8) is 0 Å². The molecule has 1 heterocycles. The van der Waals surface area contributed by atoms with E-state index in [1.807, 2.05) is 32.9 Å². The molecule has 1 spiro atoms. The summed E-state index contributed by atoms with van der Waals surface area (Å²) in [5, 5.41) is 18.8. The van der Waals surface area contributed by atoms with Gasteiger partial charge in [-0.2, -0.15) is 0 Å². The molecule has 3 rings (SSSR count). The van der Waals surface area contributed by atoms with Gasteiger partial charge in [-0.15, -0.1) is 0 Å². The van der Waals surface area contributed by atoms with Crippen molar-refractivity contribution in [2.75, 3.05) is 26.3 Å². The summed E-state index contributed by atoms with van der Waals surface area (Å²) in [6.07, 6.45) is 1.19. The Morgan fingerprint density at radius 2 is 1.96 bits per heavy atom. The number of rotatable bonds is 4. The second-order valence-electron chi connectivity index (χ2n) is 8.64. The molecule has 150 valence electrons. The number of piperidine rings is 1. The lowest BCUT2D eigenvalue weighted by Gasteiger charge is -2.43. The molecule has 0 aromatic heterocycles. The van der Waals surface area contributed by atoms with Gasteiger partial charge in [0.25, 0.3) is 0 Å². The number of carbonyl (C=O) groups is 1. The Morgan fingerprint density at radius 3 is 2.59 bits per heavy atom. The second-order valence-corrected chi connectivity index (χ2v) is 8.64. The van der Waals surface area contributed by atoms with Crippen LogP contribution >= 0.6 is 0 Å². The maximum atomic E-state index is 12.4. The summed E-state index contributed by atoms with van der Waals surface area (Å²) in [5.74, 6) is 0. The van der Waals surface area contributed by atoms with Crippen LogP contribution in [0.25, 0.3) is 0 Å². The number of aliphatic hydroxyl groups excluding tert-OH is 2. The van der Waals surface area contributed by atoms with E-state index < -0.39 is 11.7 Å². The molecule has 6 nitrogen and oxygen atoms in total. The number of hydrogen-bond donors (Lipinski definition) is 2. The molecule has 1 aliphatic heterocycles. The molecule has 1 unspecified atom stereocenters. The van der Waals surface area contributed by atoms with E-state index in [1.165, 1.54) is 11.1 Å². The fraction of sp³-hybridized carbons (Fsp3) is 0.667. The van der Waals surface area contributed by atoms with Crippen LogP contribution in [0.3, 0.4) is 0 Å². The number of aliphatic hydroxyl groups is 2. The fourth-order valence-electron chi connectivity index (χ4n) is 4.26. The molecule has 6 heteroatoms. The molecule has 0 saturated carbocycles. The van der Waals surface area contributed by atoms with Gasteiger partial charge in [0.2, 0.25) is 0 Å². The van der Waals surface area contributed by atoms with Gasteiger partial charge in [-0.05, 0) is 51.2 Å². The highest BCUT2D eigenvalue weighted by atomic mass is 16.6. The number of benzene rings is 1. The molecule has 2 atom stereocenters. The molecule has 0 bridgehead atoms. The third-order valence-corrected chi connectivity index (χ3v) is 5.58.